The summed E-state index contributed by atoms with van der Waals surface area (Å²) in [5.74, 6) is -0.425. The summed E-state index contributed by atoms with van der Waals surface area (Å²) in [4.78, 5) is 23.0. The Morgan fingerprint density at radius 3 is 2.46 bits per heavy atom. The number of carbonyl (C=O) groups excluding carboxylic acids is 2. The maximum Gasteiger partial charge on any atom is 0.409 e. The molecular weight excluding hydrogens is 333 g/mol. The van der Waals surface area contributed by atoms with Crippen LogP contribution in [0.25, 0.3) is 0 Å². The number of methoxy groups -OCH3 is 1. The van der Waals surface area contributed by atoms with Gasteiger partial charge >= 0.3 is 12.1 Å². The van der Waals surface area contributed by atoms with Crippen molar-refractivity contribution in [3.05, 3.63) is 35.9 Å². The molecule has 1 aromatic rings. The predicted molar refractivity (Wildman–Crippen MR) is 90.0 cm³/mol. The molecule has 1 aromatic carbocycles. The molecule has 0 aliphatic rings. The van der Waals surface area contributed by atoms with E-state index in [1.54, 1.807) is 0 Å². The van der Waals surface area contributed by atoms with Crippen LogP contribution in [0.4, 0.5) is 4.79 Å². The second kappa shape index (κ2) is 10.8. The summed E-state index contributed by atoms with van der Waals surface area (Å²) in [6, 6.07) is 9.24. The van der Waals surface area contributed by atoms with E-state index in [9.17, 15) is 14.2 Å². The third-order valence-electron chi connectivity index (χ3n) is 2.97. The molecule has 0 saturated heterocycles. The van der Waals surface area contributed by atoms with E-state index in [1.165, 1.54) is 7.11 Å². The second-order valence-corrected chi connectivity index (χ2v) is 6.90. The van der Waals surface area contributed by atoms with Gasteiger partial charge in [-0.3, -0.25) is 14.7 Å². The van der Waals surface area contributed by atoms with Gasteiger partial charge in [0.05, 0.1) is 7.11 Å². The van der Waals surface area contributed by atoms with Gasteiger partial charge in [-0.1, -0.05) is 44.2 Å². The van der Waals surface area contributed by atoms with Crippen molar-refractivity contribution >= 4 is 20.1 Å². The zero-order valence-electron chi connectivity index (χ0n) is 14.1. The zero-order valence-corrected chi connectivity index (χ0v) is 15.1. The Labute approximate surface area is 142 Å². The van der Waals surface area contributed by atoms with Crippen LogP contribution in [0, 0.1) is 5.92 Å². The fourth-order valence-corrected chi connectivity index (χ4v) is 2.79. The lowest BCUT2D eigenvalue weighted by Crippen LogP contribution is -2.37. The quantitative estimate of drug-likeness (QED) is 0.415. The van der Waals surface area contributed by atoms with Gasteiger partial charge in [-0.2, -0.15) is 0 Å². The van der Waals surface area contributed by atoms with Gasteiger partial charge < -0.3 is 14.0 Å². The van der Waals surface area contributed by atoms with E-state index in [2.05, 4.69) is 10.1 Å². The van der Waals surface area contributed by atoms with Crippen LogP contribution >= 0.6 is 8.03 Å². The Kier molecular flexibility index (Phi) is 9.12. The molecule has 0 spiro atoms. The lowest BCUT2D eigenvalue weighted by molar-refractivity contribution is -0.137. The van der Waals surface area contributed by atoms with Crippen molar-refractivity contribution in [2.45, 2.75) is 33.1 Å². The molecule has 0 radical (unpaired) electrons. The molecule has 0 aliphatic heterocycles. The van der Waals surface area contributed by atoms with Gasteiger partial charge in [0.2, 0.25) is 8.03 Å². The zero-order chi connectivity index (χ0) is 17.9. The van der Waals surface area contributed by atoms with E-state index in [0.29, 0.717) is 6.42 Å². The van der Waals surface area contributed by atoms with Gasteiger partial charge in [-0.15, -0.1) is 0 Å². The largest absolute Gasteiger partial charge is 0.469 e. The number of alkyl carbamates (subject to hydrolysis) is 1. The van der Waals surface area contributed by atoms with Crippen LogP contribution < -0.4 is 5.32 Å². The number of amides is 1. The number of hydrogen-bond acceptors (Lipinski definition) is 6. The highest BCUT2D eigenvalue weighted by Gasteiger charge is 2.19. The number of esters is 1. The van der Waals surface area contributed by atoms with Crippen LogP contribution in [0.2, 0.25) is 0 Å². The molecule has 134 valence electrons. The number of nitrogens with one attached hydrogen (secondary N) is 1. The highest BCUT2D eigenvalue weighted by molar-refractivity contribution is 7.40. The molecule has 0 saturated carbocycles. The van der Waals surface area contributed by atoms with Gasteiger partial charge in [-0.05, 0) is 17.9 Å². The van der Waals surface area contributed by atoms with Gasteiger partial charge in [0.25, 0.3) is 0 Å². The first-order chi connectivity index (χ1) is 11.4. The Morgan fingerprint density at radius 1 is 1.21 bits per heavy atom. The van der Waals surface area contributed by atoms with Crippen molar-refractivity contribution < 1.29 is 28.2 Å². The van der Waals surface area contributed by atoms with Crippen molar-refractivity contribution in [1.82, 2.24) is 5.32 Å². The Hall–Kier alpha value is -1.85. The molecule has 0 fully saturated rings. The Morgan fingerprint density at radius 2 is 1.88 bits per heavy atom. The Balaban J connectivity index is 2.50. The molecule has 7 nitrogen and oxygen atoms in total. The van der Waals surface area contributed by atoms with Crippen LogP contribution in [-0.4, -0.2) is 31.6 Å². The fraction of sp³-hybridized carbons (Fsp3) is 0.500. The van der Waals surface area contributed by atoms with Crippen molar-refractivity contribution in [2.75, 3.05) is 13.3 Å². The normalized spacial score (nSPS) is 13.2. The minimum atomic E-state index is -2.65. The second-order valence-electron chi connectivity index (χ2n) is 5.57. The molecule has 1 rings (SSSR count). The average Bonchev–Trinajstić information content (AvgIpc) is 2.53. The minimum absolute atomic E-state index is 0.123. The topological polar surface area (TPSA) is 90.9 Å². The van der Waals surface area contributed by atoms with Crippen LogP contribution in [0.3, 0.4) is 0 Å². The lowest BCUT2D eigenvalue weighted by Gasteiger charge is -2.20. The molecular formula is C16H24NO6P. The highest BCUT2D eigenvalue weighted by atomic mass is 31.1. The van der Waals surface area contributed by atoms with Crippen LogP contribution in [-0.2, 0) is 30.0 Å². The molecule has 2 unspecified atom stereocenters. The number of hydrogen-bond donors (Lipinski definition) is 1. The number of rotatable bonds is 9. The van der Waals surface area contributed by atoms with Crippen molar-refractivity contribution in [3.63, 3.8) is 0 Å². The van der Waals surface area contributed by atoms with E-state index < -0.39 is 26.3 Å². The van der Waals surface area contributed by atoms with Crippen LogP contribution in [0.5, 0.6) is 0 Å². The third-order valence-corrected chi connectivity index (χ3v) is 4.09. The molecule has 0 aromatic heterocycles. The minimum Gasteiger partial charge on any atom is -0.469 e. The highest BCUT2D eigenvalue weighted by Crippen LogP contribution is 2.26. The molecule has 0 bridgehead atoms. The maximum atomic E-state index is 11.9. The number of carbonyl (C=O) groups is 2. The van der Waals surface area contributed by atoms with Crippen molar-refractivity contribution in [1.29, 1.82) is 0 Å². The summed E-state index contributed by atoms with van der Waals surface area (Å²) < 4.78 is 26.7. The van der Waals surface area contributed by atoms with Crippen molar-refractivity contribution in [2.24, 2.45) is 5.92 Å². The summed E-state index contributed by atoms with van der Waals surface area (Å²) in [5.41, 5.74) is 0.855. The van der Waals surface area contributed by atoms with Gasteiger partial charge in [-0.25, -0.2) is 4.79 Å². The molecule has 2 atom stereocenters. The molecule has 8 heteroatoms. The average molecular weight is 357 g/mol. The summed E-state index contributed by atoms with van der Waals surface area (Å²) in [6.07, 6.45) is -1.34. The molecule has 1 N–H and O–H groups in total. The SMILES string of the molecule is COC(=O)C[PH](=O)OC(CC(C)C)NC(=O)OCc1ccccc1. The molecule has 1 amide bonds. The summed E-state index contributed by atoms with van der Waals surface area (Å²) in [7, 11) is -1.44. The van der Waals surface area contributed by atoms with E-state index in [-0.39, 0.29) is 18.7 Å². The van der Waals surface area contributed by atoms with E-state index in [1.807, 2.05) is 44.2 Å². The van der Waals surface area contributed by atoms with Gasteiger partial charge in [0.1, 0.15) is 19.0 Å². The fourth-order valence-electron chi connectivity index (χ4n) is 1.85. The number of ether oxygens (including phenoxy) is 2. The first kappa shape index (κ1) is 20.2. The summed E-state index contributed by atoms with van der Waals surface area (Å²) in [6.45, 7) is 3.99. The predicted octanol–water partition coefficient (Wildman–Crippen LogP) is 2.95. The molecule has 0 heterocycles. The maximum absolute atomic E-state index is 11.9. The monoisotopic (exact) mass is 357 g/mol. The van der Waals surface area contributed by atoms with Gasteiger partial charge in [0, 0.05) is 0 Å². The van der Waals surface area contributed by atoms with Gasteiger partial charge in [0.15, 0.2) is 0 Å². The molecule has 24 heavy (non-hydrogen) atoms. The first-order valence-corrected chi connectivity index (χ1v) is 9.16. The first-order valence-electron chi connectivity index (χ1n) is 7.64. The third kappa shape index (κ3) is 8.70. The van der Waals surface area contributed by atoms with E-state index in [0.717, 1.165) is 5.56 Å². The summed E-state index contributed by atoms with van der Waals surface area (Å²) >= 11 is 0. The van der Waals surface area contributed by atoms with E-state index in [4.69, 9.17) is 9.26 Å². The summed E-state index contributed by atoms with van der Waals surface area (Å²) in [5, 5.41) is 2.53. The molecule has 0 aliphatic carbocycles. The smallest absolute Gasteiger partial charge is 0.409 e. The standard InChI is InChI=1S/C16H24NO6P/c1-12(2)9-14(23-24(20)11-15(18)21-3)17-16(19)22-10-13-7-5-4-6-8-13/h4-8,12,14,24H,9-11H2,1-3H3,(H,17,19). The van der Waals surface area contributed by atoms with Crippen LogP contribution in [0.15, 0.2) is 30.3 Å². The van der Waals surface area contributed by atoms with E-state index >= 15 is 0 Å². The van der Waals surface area contributed by atoms with Crippen LogP contribution in [0.1, 0.15) is 25.8 Å². The number of benzene rings is 1. The van der Waals surface area contributed by atoms with Crippen molar-refractivity contribution in [3.8, 4) is 0 Å². The Bertz CT molecular complexity index is 549. The lowest BCUT2D eigenvalue weighted by atomic mass is 10.1.